The van der Waals surface area contributed by atoms with Crippen molar-refractivity contribution in [2.75, 3.05) is 18.0 Å². The van der Waals surface area contributed by atoms with Crippen molar-refractivity contribution < 1.29 is 5.11 Å². The number of piperidine rings is 1. The van der Waals surface area contributed by atoms with Gasteiger partial charge in [0, 0.05) is 43.7 Å². The predicted octanol–water partition coefficient (Wildman–Crippen LogP) is 2.02. The molecule has 0 aliphatic carbocycles. The molecule has 1 saturated heterocycles. The Morgan fingerprint density at radius 1 is 1.13 bits per heavy atom. The molecule has 0 aromatic carbocycles. The van der Waals surface area contributed by atoms with Gasteiger partial charge in [-0.2, -0.15) is 15.5 Å². The molecule has 1 aliphatic rings. The van der Waals surface area contributed by atoms with Crippen LogP contribution in [0.3, 0.4) is 0 Å². The molecule has 9 nitrogen and oxygen atoms in total. The average Bonchev–Trinajstić information content (AvgIpc) is 3.39. The van der Waals surface area contributed by atoms with Crippen molar-refractivity contribution in [3.63, 3.8) is 0 Å². The molecule has 30 heavy (non-hydrogen) atoms. The Hall–Kier alpha value is -3.77. The highest BCUT2D eigenvalue weighted by molar-refractivity contribution is 5.83. The van der Waals surface area contributed by atoms with Crippen LogP contribution >= 0.6 is 0 Å². The third-order valence-electron chi connectivity index (χ3n) is 5.36. The molecule has 0 radical (unpaired) electrons. The fourth-order valence-corrected chi connectivity index (χ4v) is 3.87. The molecule has 0 saturated carbocycles. The molecule has 1 atom stereocenters. The van der Waals surface area contributed by atoms with E-state index in [1.807, 2.05) is 25.4 Å². The quantitative estimate of drug-likeness (QED) is 0.560. The predicted molar refractivity (Wildman–Crippen MR) is 111 cm³/mol. The number of fused-ring (bicyclic) bond motifs is 1. The highest BCUT2D eigenvalue weighted by Gasteiger charge is 2.20. The van der Waals surface area contributed by atoms with E-state index in [9.17, 15) is 10.4 Å². The minimum absolute atomic E-state index is 0.317. The van der Waals surface area contributed by atoms with Crippen LogP contribution in [-0.4, -0.2) is 53.7 Å². The van der Waals surface area contributed by atoms with Crippen molar-refractivity contribution >= 4 is 11.3 Å². The fraction of sp³-hybridized carbons (Fsp3) is 0.286. The Morgan fingerprint density at radius 3 is 2.73 bits per heavy atom. The Labute approximate surface area is 172 Å². The number of hydrogen-bond donors (Lipinski definition) is 1. The molecular formula is C21H20N8O. The highest BCUT2D eigenvalue weighted by Crippen LogP contribution is 2.29. The SMILES string of the molecule is Cn1cc(-c2cn3ncc(C#N)c3c(-c3ccc(N4CCC[C@H](O)C4)nc3)n2)cn1. The molecule has 1 fully saturated rings. The van der Waals surface area contributed by atoms with Gasteiger partial charge in [0.1, 0.15) is 23.0 Å². The van der Waals surface area contributed by atoms with Crippen LogP contribution in [0.5, 0.6) is 0 Å². The Bertz CT molecular complexity index is 1250. The lowest BCUT2D eigenvalue weighted by Gasteiger charge is -2.31. The summed E-state index contributed by atoms with van der Waals surface area (Å²) in [6, 6.07) is 6.08. The maximum atomic E-state index is 9.94. The first-order chi connectivity index (χ1) is 14.6. The number of pyridine rings is 1. The van der Waals surface area contributed by atoms with Crippen molar-refractivity contribution in [2.45, 2.75) is 18.9 Å². The second-order valence-electron chi connectivity index (χ2n) is 7.49. The van der Waals surface area contributed by atoms with E-state index in [0.29, 0.717) is 29.0 Å². The van der Waals surface area contributed by atoms with E-state index in [1.165, 1.54) is 0 Å². The molecule has 5 heterocycles. The van der Waals surface area contributed by atoms with E-state index >= 15 is 0 Å². The number of anilines is 1. The Balaban J connectivity index is 1.60. The third-order valence-corrected chi connectivity index (χ3v) is 5.36. The van der Waals surface area contributed by atoms with E-state index < -0.39 is 0 Å². The first kappa shape index (κ1) is 18.3. The molecule has 0 amide bonds. The molecule has 4 aromatic heterocycles. The summed E-state index contributed by atoms with van der Waals surface area (Å²) in [5.41, 5.74) is 4.11. The summed E-state index contributed by atoms with van der Waals surface area (Å²) in [6.45, 7) is 1.47. The average molecular weight is 400 g/mol. The van der Waals surface area contributed by atoms with Crippen LogP contribution < -0.4 is 4.90 Å². The number of nitriles is 1. The summed E-state index contributed by atoms with van der Waals surface area (Å²) in [5.74, 6) is 0.825. The van der Waals surface area contributed by atoms with Gasteiger partial charge in [-0.05, 0) is 25.0 Å². The molecule has 4 aromatic rings. The van der Waals surface area contributed by atoms with E-state index in [2.05, 4.69) is 26.2 Å². The second-order valence-corrected chi connectivity index (χ2v) is 7.49. The van der Waals surface area contributed by atoms with Crippen LogP contribution in [0.4, 0.5) is 5.82 Å². The molecule has 5 rings (SSSR count). The molecule has 1 aliphatic heterocycles. The zero-order valence-corrected chi connectivity index (χ0v) is 16.5. The van der Waals surface area contributed by atoms with E-state index in [0.717, 1.165) is 36.3 Å². The fourth-order valence-electron chi connectivity index (χ4n) is 3.87. The molecule has 150 valence electrons. The first-order valence-electron chi connectivity index (χ1n) is 9.79. The van der Waals surface area contributed by atoms with E-state index in [-0.39, 0.29) is 6.10 Å². The number of nitrogens with zero attached hydrogens (tertiary/aromatic N) is 8. The minimum Gasteiger partial charge on any atom is -0.391 e. The summed E-state index contributed by atoms with van der Waals surface area (Å²) in [7, 11) is 1.85. The van der Waals surface area contributed by atoms with Crippen molar-refractivity contribution in [1.82, 2.24) is 29.4 Å². The Morgan fingerprint density at radius 2 is 2.03 bits per heavy atom. The molecule has 0 spiro atoms. The Kier molecular flexibility index (Phi) is 4.41. The highest BCUT2D eigenvalue weighted by atomic mass is 16.3. The van der Waals surface area contributed by atoms with Gasteiger partial charge < -0.3 is 10.0 Å². The van der Waals surface area contributed by atoms with Gasteiger partial charge in [0.25, 0.3) is 0 Å². The molecule has 9 heteroatoms. The van der Waals surface area contributed by atoms with Gasteiger partial charge in [0.15, 0.2) is 0 Å². The number of aryl methyl sites for hydroxylation is 1. The lowest BCUT2D eigenvalue weighted by atomic mass is 10.1. The van der Waals surface area contributed by atoms with Gasteiger partial charge in [-0.25, -0.2) is 14.5 Å². The van der Waals surface area contributed by atoms with Gasteiger partial charge in [-0.3, -0.25) is 4.68 Å². The summed E-state index contributed by atoms with van der Waals surface area (Å²) in [5, 5.41) is 28.0. The van der Waals surface area contributed by atoms with Crippen LogP contribution in [0.25, 0.3) is 28.0 Å². The van der Waals surface area contributed by atoms with Crippen LogP contribution in [0.15, 0.2) is 43.1 Å². The monoisotopic (exact) mass is 400 g/mol. The zero-order valence-electron chi connectivity index (χ0n) is 16.5. The zero-order chi connectivity index (χ0) is 20.7. The summed E-state index contributed by atoms with van der Waals surface area (Å²) >= 11 is 0. The van der Waals surface area contributed by atoms with E-state index in [4.69, 9.17) is 4.98 Å². The first-order valence-corrected chi connectivity index (χ1v) is 9.79. The van der Waals surface area contributed by atoms with Crippen LogP contribution in [0.1, 0.15) is 18.4 Å². The smallest absolute Gasteiger partial charge is 0.128 e. The summed E-state index contributed by atoms with van der Waals surface area (Å²) in [6.07, 6.45) is 10.2. The van der Waals surface area contributed by atoms with Gasteiger partial charge >= 0.3 is 0 Å². The summed E-state index contributed by atoms with van der Waals surface area (Å²) in [4.78, 5) is 11.5. The molecule has 1 N–H and O–H groups in total. The largest absolute Gasteiger partial charge is 0.391 e. The van der Waals surface area contributed by atoms with Crippen molar-refractivity contribution in [3.05, 3.63) is 48.7 Å². The van der Waals surface area contributed by atoms with Crippen LogP contribution in [0, 0.1) is 11.3 Å². The summed E-state index contributed by atoms with van der Waals surface area (Å²) < 4.78 is 3.40. The molecule has 0 bridgehead atoms. The standard InChI is InChI=1S/C21H20N8O/c1-27-11-16(10-24-27)18-13-29-21(15(7-22)9-25-29)20(26-18)14-4-5-19(23-8-14)28-6-2-3-17(30)12-28/h4-5,8-11,13,17,30H,2-3,6,12H2,1H3/t17-/m0/s1. The molecule has 0 unspecified atom stereocenters. The van der Waals surface area contributed by atoms with Gasteiger partial charge in [-0.15, -0.1) is 0 Å². The maximum absolute atomic E-state index is 9.94. The number of aliphatic hydroxyl groups is 1. The number of rotatable bonds is 3. The maximum Gasteiger partial charge on any atom is 0.128 e. The van der Waals surface area contributed by atoms with Crippen molar-refractivity contribution in [2.24, 2.45) is 7.05 Å². The van der Waals surface area contributed by atoms with E-state index in [1.54, 1.807) is 34.0 Å². The molecular weight excluding hydrogens is 380 g/mol. The van der Waals surface area contributed by atoms with Gasteiger partial charge in [0.05, 0.1) is 36.1 Å². The lowest BCUT2D eigenvalue weighted by Crippen LogP contribution is -2.38. The van der Waals surface area contributed by atoms with Crippen molar-refractivity contribution in [3.8, 4) is 28.6 Å². The lowest BCUT2D eigenvalue weighted by molar-refractivity contribution is 0.154. The topological polar surface area (TPSA) is 108 Å². The van der Waals surface area contributed by atoms with Crippen LogP contribution in [0.2, 0.25) is 0 Å². The van der Waals surface area contributed by atoms with Gasteiger partial charge in [-0.1, -0.05) is 0 Å². The number of hydrogen-bond acceptors (Lipinski definition) is 7. The number of aliphatic hydroxyl groups excluding tert-OH is 1. The van der Waals surface area contributed by atoms with Gasteiger partial charge in [0.2, 0.25) is 0 Å². The number of β-amino-alcohol motifs (C(OH)–C–C–N with tert-alkyl or cyclic N) is 1. The second kappa shape index (κ2) is 7.24. The van der Waals surface area contributed by atoms with Crippen LogP contribution in [-0.2, 0) is 7.05 Å². The minimum atomic E-state index is -0.317. The normalized spacial score (nSPS) is 16.7. The third kappa shape index (κ3) is 3.17. The van der Waals surface area contributed by atoms with Crippen molar-refractivity contribution in [1.29, 1.82) is 5.26 Å². The number of aromatic nitrogens is 6.